The molecule has 0 fully saturated rings. The van der Waals surface area contributed by atoms with Crippen molar-refractivity contribution in [2.24, 2.45) is 0 Å². The number of halogens is 1. The minimum atomic E-state index is -0.723. The van der Waals surface area contributed by atoms with Crippen molar-refractivity contribution in [1.82, 2.24) is 0 Å². The van der Waals surface area contributed by atoms with E-state index in [0.29, 0.717) is 5.56 Å². The Morgan fingerprint density at radius 2 is 1.71 bits per heavy atom. The lowest BCUT2D eigenvalue weighted by atomic mass is 10.1. The van der Waals surface area contributed by atoms with Crippen LogP contribution in [0, 0.1) is 12.7 Å². The van der Waals surface area contributed by atoms with Gasteiger partial charge < -0.3 is 19.3 Å². The lowest BCUT2D eigenvalue weighted by Gasteiger charge is -2.28. The van der Waals surface area contributed by atoms with Crippen molar-refractivity contribution >= 4 is 23.5 Å². The van der Waals surface area contributed by atoms with Crippen LogP contribution in [-0.2, 0) is 25.7 Å². The van der Waals surface area contributed by atoms with Crippen molar-refractivity contribution in [2.75, 3.05) is 39.1 Å². The van der Waals surface area contributed by atoms with E-state index in [1.54, 1.807) is 27.9 Å². The monoisotopic (exact) mass is 431 g/mol. The summed E-state index contributed by atoms with van der Waals surface area (Å²) in [5.41, 5.74) is 1.40. The SMILES string of the molecule is CCOC(=O)c1cc(F)cc(C)c1NC(=O)C[N+](C)(C)CC(=O)OCc1ccccc1. The fourth-order valence-corrected chi connectivity index (χ4v) is 3.04. The average Bonchev–Trinajstić information content (AvgIpc) is 2.68. The smallest absolute Gasteiger partial charge is 0.362 e. The molecule has 2 rings (SSSR count). The van der Waals surface area contributed by atoms with Gasteiger partial charge in [0.15, 0.2) is 13.1 Å². The van der Waals surface area contributed by atoms with Gasteiger partial charge in [-0.15, -0.1) is 0 Å². The molecule has 8 heteroatoms. The molecule has 0 atom stereocenters. The molecule has 0 spiro atoms. The Labute approximate surface area is 181 Å². The van der Waals surface area contributed by atoms with Gasteiger partial charge in [0.1, 0.15) is 12.4 Å². The van der Waals surface area contributed by atoms with Crippen molar-refractivity contribution in [3.8, 4) is 0 Å². The lowest BCUT2D eigenvalue weighted by molar-refractivity contribution is -0.874. The number of carbonyl (C=O) groups is 3. The van der Waals surface area contributed by atoms with Gasteiger partial charge in [-0.25, -0.2) is 14.0 Å². The fraction of sp³-hybridized carbons (Fsp3) is 0.348. The zero-order valence-corrected chi connectivity index (χ0v) is 18.2. The van der Waals surface area contributed by atoms with E-state index in [0.717, 1.165) is 11.6 Å². The highest BCUT2D eigenvalue weighted by Gasteiger charge is 2.26. The molecule has 1 amide bonds. The number of ether oxygens (including phenoxy) is 2. The summed E-state index contributed by atoms with van der Waals surface area (Å²) in [6.07, 6.45) is 0. The summed E-state index contributed by atoms with van der Waals surface area (Å²) in [6.45, 7) is 3.43. The standard InChI is InChI=1S/C23H27FN2O5/c1-5-30-23(29)19-12-18(24)11-16(2)22(19)25-20(27)13-26(3,4)14-21(28)31-15-17-9-7-6-8-10-17/h6-12H,5,13-15H2,1-4H3/p+1. The fourth-order valence-electron chi connectivity index (χ4n) is 3.04. The second-order valence-corrected chi connectivity index (χ2v) is 7.81. The molecular formula is C23H28FN2O5+. The van der Waals surface area contributed by atoms with E-state index in [9.17, 15) is 18.8 Å². The number of nitrogens with one attached hydrogen (secondary N) is 1. The Hall–Kier alpha value is -3.26. The second-order valence-electron chi connectivity index (χ2n) is 7.81. The number of carbonyl (C=O) groups excluding carboxylic acids is 3. The number of benzene rings is 2. The van der Waals surface area contributed by atoms with Crippen LogP contribution in [0.4, 0.5) is 10.1 Å². The molecule has 166 valence electrons. The molecule has 0 aliphatic heterocycles. The third-order valence-electron chi connectivity index (χ3n) is 4.43. The first-order valence-corrected chi connectivity index (χ1v) is 9.90. The number of likely N-dealkylation sites (N-methyl/N-ethyl adjacent to an activating group) is 1. The Kier molecular flexibility index (Phi) is 8.27. The predicted molar refractivity (Wildman–Crippen MR) is 114 cm³/mol. The molecule has 2 aromatic carbocycles. The van der Waals surface area contributed by atoms with E-state index >= 15 is 0 Å². The highest BCUT2D eigenvalue weighted by Crippen LogP contribution is 2.23. The molecule has 31 heavy (non-hydrogen) atoms. The molecule has 0 bridgehead atoms. The first kappa shape index (κ1) is 24.0. The van der Waals surface area contributed by atoms with Gasteiger partial charge in [0.25, 0.3) is 5.91 Å². The van der Waals surface area contributed by atoms with Crippen LogP contribution in [-0.4, -0.2) is 56.1 Å². The Balaban J connectivity index is 2.01. The zero-order valence-electron chi connectivity index (χ0n) is 18.2. The first-order chi connectivity index (χ1) is 14.6. The normalized spacial score (nSPS) is 11.0. The number of hydrogen-bond acceptors (Lipinski definition) is 5. The van der Waals surface area contributed by atoms with Crippen LogP contribution in [0.3, 0.4) is 0 Å². The quantitative estimate of drug-likeness (QED) is 0.488. The summed E-state index contributed by atoms with van der Waals surface area (Å²) >= 11 is 0. The van der Waals surface area contributed by atoms with Crippen LogP contribution in [0.5, 0.6) is 0 Å². The second kappa shape index (κ2) is 10.7. The van der Waals surface area contributed by atoms with Crippen molar-refractivity contribution in [2.45, 2.75) is 20.5 Å². The molecule has 2 aromatic rings. The summed E-state index contributed by atoms with van der Waals surface area (Å²) in [5, 5.41) is 2.66. The van der Waals surface area contributed by atoms with Crippen molar-refractivity contribution in [3.63, 3.8) is 0 Å². The highest BCUT2D eigenvalue weighted by atomic mass is 19.1. The summed E-state index contributed by atoms with van der Waals surface area (Å²) in [5.74, 6) is -2.19. The molecule has 0 aromatic heterocycles. The van der Waals surface area contributed by atoms with Gasteiger partial charge in [0.2, 0.25) is 0 Å². The van der Waals surface area contributed by atoms with E-state index in [2.05, 4.69) is 5.32 Å². The van der Waals surface area contributed by atoms with Gasteiger partial charge in [-0.05, 0) is 37.1 Å². The number of hydrogen-bond donors (Lipinski definition) is 1. The molecule has 0 aliphatic rings. The van der Waals surface area contributed by atoms with Crippen LogP contribution in [0.1, 0.15) is 28.4 Å². The molecular weight excluding hydrogens is 403 g/mol. The molecule has 0 saturated heterocycles. The van der Waals surface area contributed by atoms with Gasteiger partial charge >= 0.3 is 11.9 Å². The van der Waals surface area contributed by atoms with Gasteiger partial charge in [-0.1, -0.05) is 30.3 Å². The summed E-state index contributed by atoms with van der Waals surface area (Å²) in [4.78, 5) is 37.0. The largest absolute Gasteiger partial charge is 0.462 e. The highest BCUT2D eigenvalue weighted by molar-refractivity contribution is 6.02. The number of esters is 2. The Morgan fingerprint density at radius 3 is 2.35 bits per heavy atom. The molecule has 1 N–H and O–H groups in total. The number of quaternary nitrogens is 1. The maximum absolute atomic E-state index is 13.8. The number of anilines is 1. The molecule has 7 nitrogen and oxygen atoms in total. The first-order valence-electron chi connectivity index (χ1n) is 9.90. The van der Waals surface area contributed by atoms with E-state index in [4.69, 9.17) is 9.47 Å². The van der Waals surface area contributed by atoms with Gasteiger partial charge in [-0.3, -0.25) is 4.79 Å². The maximum Gasteiger partial charge on any atom is 0.362 e. The molecule has 0 saturated carbocycles. The summed E-state index contributed by atoms with van der Waals surface area (Å²) < 4.78 is 24.1. The van der Waals surface area contributed by atoms with Crippen molar-refractivity contribution in [3.05, 3.63) is 65.0 Å². The molecule has 0 unspecified atom stereocenters. The van der Waals surface area contributed by atoms with Gasteiger partial charge in [0, 0.05) is 0 Å². The third-order valence-corrected chi connectivity index (χ3v) is 4.43. The lowest BCUT2D eigenvalue weighted by Crippen LogP contribution is -2.49. The number of nitrogens with zero attached hydrogens (tertiary/aromatic N) is 1. The Bertz CT molecular complexity index is 944. The number of aryl methyl sites for hydroxylation is 1. The van der Waals surface area contributed by atoms with E-state index in [1.165, 1.54) is 6.07 Å². The maximum atomic E-state index is 13.8. The third kappa shape index (κ3) is 7.49. The van der Waals surface area contributed by atoms with Crippen LogP contribution < -0.4 is 5.32 Å². The topological polar surface area (TPSA) is 81.7 Å². The minimum absolute atomic E-state index is 0.0204. The van der Waals surface area contributed by atoms with Crippen molar-refractivity contribution < 1.29 is 32.7 Å². The molecule has 0 heterocycles. The predicted octanol–water partition coefficient (Wildman–Crippen LogP) is 3.07. The van der Waals surface area contributed by atoms with E-state index < -0.39 is 23.7 Å². The minimum Gasteiger partial charge on any atom is -0.462 e. The van der Waals surface area contributed by atoms with Crippen LogP contribution in [0.2, 0.25) is 0 Å². The van der Waals surface area contributed by atoms with Gasteiger partial charge in [-0.2, -0.15) is 0 Å². The number of amides is 1. The van der Waals surface area contributed by atoms with Crippen molar-refractivity contribution in [1.29, 1.82) is 0 Å². The van der Waals surface area contributed by atoms with Gasteiger partial charge in [0.05, 0.1) is 32.0 Å². The zero-order chi connectivity index (χ0) is 23.0. The summed E-state index contributed by atoms with van der Waals surface area (Å²) in [6, 6.07) is 11.5. The summed E-state index contributed by atoms with van der Waals surface area (Å²) in [7, 11) is 3.43. The molecule has 0 radical (unpaired) electrons. The van der Waals surface area contributed by atoms with Crippen LogP contribution in [0.25, 0.3) is 0 Å². The van der Waals surface area contributed by atoms with E-state index in [1.807, 2.05) is 30.3 Å². The van der Waals surface area contributed by atoms with Crippen LogP contribution >= 0.6 is 0 Å². The molecule has 0 aliphatic carbocycles. The average molecular weight is 431 g/mol. The number of rotatable bonds is 9. The van der Waals surface area contributed by atoms with Crippen LogP contribution in [0.15, 0.2) is 42.5 Å². The Morgan fingerprint density at radius 1 is 1.03 bits per heavy atom. The van der Waals surface area contributed by atoms with E-state index in [-0.39, 0.29) is 42.0 Å².